The van der Waals surface area contributed by atoms with Crippen molar-refractivity contribution in [2.75, 3.05) is 51.8 Å². The number of thioether (sulfide) groups is 1. The minimum atomic E-state index is -0.177. The van der Waals surface area contributed by atoms with Gasteiger partial charge >= 0.3 is 0 Å². The van der Waals surface area contributed by atoms with Gasteiger partial charge in [0.25, 0.3) is 0 Å². The molecule has 2 aliphatic rings. The molecule has 0 aliphatic carbocycles. The molecular weight excluding hydrogens is 330 g/mol. The molecule has 1 aromatic rings. The Morgan fingerprint density at radius 1 is 1.08 bits per heavy atom. The number of nitrogens with zero attached hydrogens (tertiary/aromatic N) is 3. The van der Waals surface area contributed by atoms with E-state index in [1.54, 1.807) is 0 Å². The fraction of sp³-hybridized carbons (Fsp3) is 0.650. The topological polar surface area (TPSA) is 26.8 Å². The van der Waals surface area contributed by atoms with Crippen LogP contribution in [0.4, 0.5) is 0 Å². The highest BCUT2D eigenvalue weighted by Gasteiger charge is 2.32. The normalized spacial score (nSPS) is 21.5. The number of rotatable bonds is 4. The number of hydrogen-bond acceptors (Lipinski definition) is 4. The summed E-state index contributed by atoms with van der Waals surface area (Å²) in [5.41, 5.74) is 2.32. The number of likely N-dealkylation sites (N-methyl/N-ethyl adjacent to an activating group) is 1. The largest absolute Gasteiger partial charge is 0.341 e. The zero-order valence-electron chi connectivity index (χ0n) is 15.8. The van der Waals surface area contributed by atoms with Gasteiger partial charge < -0.3 is 4.90 Å². The standard InChI is InChI=1S/C20H31N3OS/c1-16-4-6-17(7-5-16)19(21(2)3)20(24)23-10-8-18(9-11-23)22-12-14-25-15-13-22/h4-7,18-19H,8-15H2,1-3H3/t19-/m0/s1. The molecule has 4 nitrogen and oxygen atoms in total. The summed E-state index contributed by atoms with van der Waals surface area (Å²) in [6, 6.07) is 8.87. The molecule has 1 atom stereocenters. The summed E-state index contributed by atoms with van der Waals surface area (Å²) in [5.74, 6) is 2.77. The first kappa shape index (κ1) is 18.7. The second-order valence-corrected chi connectivity index (χ2v) is 8.71. The van der Waals surface area contributed by atoms with Gasteiger partial charge in [-0.05, 0) is 39.4 Å². The lowest BCUT2D eigenvalue weighted by Crippen LogP contribution is -2.50. The molecule has 0 bridgehead atoms. The lowest BCUT2D eigenvalue weighted by Gasteiger charge is -2.41. The van der Waals surface area contributed by atoms with Crippen LogP contribution in [0.5, 0.6) is 0 Å². The van der Waals surface area contributed by atoms with Crippen LogP contribution >= 0.6 is 11.8 Å². The van der Waals surface area contributed by atoms with Crippen LogP contribution in [0.15, 0.2) is 24.3 Å². The highest BCUT2D eigenvalue weighted by Crippen LogP contribution is 2.25. The third-order valence-corrected chi connectivity index (χ3v) is 6.42. The van der Waals surface area contributed by atoms with Crippen LogP contribution in [-0.4, -0.2) is 78.4 Å². The quantitative estimate of drug-likeness (QED) is 0.824. The van der Waals surface area contributed by atoms with E-state index in [0.717, 1.165) is 31.5 Å². The number of carbonyl (C=O) groups is 1. The number of amides is 1. The zero-order chi connectivity index (χ0) is 17.8. The number of aryl methyl sites for hydroxylation is 1. The van der Waals surface area contributed by atoms with Crippen molar-refractivity contribution in [3.05, 3.63) is 35.4 Å². The Balaban J connectivity index is 1.62. The molecule has 0 saturated carbocycles. The molecule has 0 aromatic heterocycles. The summed E-state index contributed by atoms with van der Waals surface area (Å²) >= 11 is 2.06. The predicted octanol–water partition coefficient (Wildman–Crippen LogP) is 2.64. The molecule has 2 aliphatic heterocycles. The van der Waals surface area contributed by atoms with E-state index in [0.29, 0.717) is 6.04 Å². The number of benzene rings is 1. The Labute approximate surface area is 156 Å². The van der Waals surface area contributed by atoms with Gasteiger partial charge in [-0.15, -0.1) is 0 Å². The maximum atomic E-state index is 13.2. The second-order valence-electron chi connectivity index (χ2n) is 7.48. The van der Waals surface area contributed by atoms with Gasteiger partial charge in [-0.25, -0.2) is 0 Å². The molecule has 0 radical (unpaired) electrons. The maximum Gasteiger partial charge on any atom is 0.244 e. The molecule has 25 heavy (non-hydrogen) atoms. The Morgan fingerprint density at radius 2 is 1.68 bits per heavy atom. The third-order valence-electron chi connectivity index (χ3n) is 5.48. The molecule has 138 valence electrons. The molecule has 2 heterocycles. The van der Waals surface area contributed by atoms with Crippen LogP contribution in [-0.2, 0) is 4.79 Å². The smallest absolute Gasteiger partial charge is 0.244 e. The third kappa shape index (κ3) is 4.57. The molecule has 0 unspecified atom stereocenters. The minimum absolute atomic E-state index is 0.177. The molecule has 3 rings (SSSR count). The summed E-state index contributed by atoms with van der Waals surface area (Å²) in [6.45, 7) is 6.30. The monoisotopic (exact) mass is 361 g/mol. The van der Waals surface area contributed by atoms with Crippen molar-refractivity contribution >= 4 is 17.7 Å². The molecule has 0 spiro atoms. The molecule has 1 aromatic carbocycles. The van der Waals surface area contributed by atoms with Crippen molar-refractivity contribution in [3.8, 4) is 0 Å². The zero-order valence-corrected chi connectivity index (χ0v) is 16.6. The minimum Gasteiger partial charge on any atom is -0.341 e. The first-order chi connectivity index (χ1) is 12.1. The van der Waals surface area contributed by atoms with Crippen molar-refractivity contribution in [1.82, 2.24) is 14.7 Å². The first-order valence-corrected chi connectivity index (χ1v) is 10.6. The van der Waals surface area contributed by atoms with Crippen LogP contribution in [0.2, 0.25) is 0 Å². The lowest BCUT2D eigenvalue weighted by atomic mass is 9.99. The fourth-order valence-corrected chi connectivity index (χ4v) is 4.91. The van der Waals surface area contributed by atoms with Gasteiger partial charge in [0.1, 0.15) is 6.04 Å². The highest BCUT2D eigenvalue weighted by atomic mass is 32.2. The van der Waals surface area contributed by atoms with E-state index in [2.05, 4.69) is 52.8 Å². The summed E-state index contributed by atoms with van der Waals surface area (Å²) in [7, 11) is 4.00. The number of likely N-dealkylation sites (tertiary alicyclic amines) is 1. The first-order valence-electron chi connectivity index (χ1n) is 9.40. The van der Waals surface area contributed by atoms with E-state index >= 15 is 0 Å². The second kappa shape index (κ2) is 8.56. The van der Waals surface area contributed by atoms with Crippen LogP contribution < -0.4 is 0 Å². The summed E-state index contributed by atoms with van der Waals surface area (Å²) < 4.78 is 0. The highest BCUT2D eigenvalue weighted by molar-refractivity contribution is 7.99. The van der Waals surface area contributed by atoms with Crippen LogP contribution in [0.3, 0.4) is 0 Å². The van der Waals surface area contributed by atoms with E-state index in [9.17, 15) is 4.79 Å². The summed E-state index contributed by atoms with van der Waals surface area (Å²) in [5, 5.41) is 0. The van der Waals surface area contributed by atoms with E-state index in [1.807, 2.05) is 19.0 Å². The van der Waals surface area contributed by atoms with E-state index in [4.69, 9.17) is 0 Å². The molecular formula is C20H31N3OS. The average Bonchev–Trinajstić information content (AvgIpc) is 2.64. The predicted molar refractivity (Wildman–Crippen MR) is 106 cm³/mol. The van der Waals surface area contributed by atoms with Crippen LogP contribution in [0.25, 0.3) is 0 Å². The summed E-state index contributed by atoms with van der Waals surface area (Å²) in [4.78, 5) is 19.9. The Bertz CT molecular complexity index is 561. The maximum absolute atomic E-state index is 13.2. The van der Waals surface area contributed by atoms with Gasteiger partial charge in [-0.1, -0.05) is 29.8 Å². The van der Waals surface area contributed by atoms with Crippen molar-refractivity contribution in [2.24, 2.45) is 0 Å². The number of piperidine rings is 1. The Hall–Kier alpha value is -1.04. The van der Waals surface area contributed by atoms with Gasteiger partial charge in [-0.3, -0.25) is 14.6 Å². The van der Waals surface area contributed by atoms with Crippen molar-refractivity contribution in [2.45, 2.75) is 31.8 Å². The van der Waals surface area contributed by atoms with Crippen molar-refractivity contribution in [3.63, 3.8) is 0 Å². The van der Waals surface area contributed by atoms with Gasteiger partial charge in [0, 0.05) is 43.7 Å². The average molecular weight is 362 g/mol. The fourth-order valence-electron chi connectivity index (χ4n) is 3.98. The lowest BCUT2D eigenvalue weighted by molar-refractivity contribution is -0.138. The van der Waals surface area contributed by atoms with Gasteiger partial charge in [-0.2, -0.15) is 11.8 Å². The van der Waals surface area contributed by atoms with Crippen LogP contribution in [0, 0.1) is 6.92 Å². The molecule has 1 amide bonds. The van der Waals surface area contributed by atoms with Crippen molar-refractivity contribution < 1.29 is 4.79 Å². The van der Waals surface area contributed by atoms with E-state index in [-0.39, 0.29) is 11.9 Å². The molecule has 0 N–H and O–H groups in total. The molecule has 2 fully saturated rings. The molecule has 2 saturated heterocycles. The van der Waals surface area contributed by atoms with Crippen molar-refractivity contribution in [1.29, 1.82) is 0 Å². The molecule has 5 heteroatoms. The van der Waals surface area contributed by atoms with E-state index < -0.39 is 0 Å². The van der Waals surface area contributed by atoms with Gasteiger partial charge in [0.15, 0.2) is 0 Å². The van der Waals surface area contributed by atoms with Gasteiger partial charge in [0.05, 0.1) is 0 Å². The Morgan fingerprint density at radius 3 is 2.24 bits per heavy atom. The van der Waals surface area contributed by atoms with Gasteiger partial charge in [0.2, 0.25) is 5.91 Å². The van der Waals surface area contributed by atoms with Crippen LogP contribution in [0.1, 0.15) is 30.0 Å². The van der Waals surface area contributed by atoms with E-state index in [1.165, 1.54) is 30.2 Å². The summed E-state index contributed by atoms with van der Waals surface area (Å²) in [6.07, 6.45) is 2.23. The number of hydrogen-bond donors (Lipinski definition) is 0. The Kier molecular flexibility index (Phi) is 6.42. The SMILES string of the molecule is Cc1ccc([C@@H](C(=O)N2CCC(N3CCSCC3)CC2)N(C)C)cc1. The number of carbonyl (C=O) groups excluding carboxylic acids is 1.